The Labute approximate surface area is 196 Å². The van der Waals surface area contributed by atoms with E-state index in [9.17, 15) is 22.8 Å². The summed E-state index contributed by atoms with van der Waals surface area (Å²) >= 11 is 1.05. The molecule has 1 unspecified atom stereocenters. The molecular weight excluding hydrogens is 465 g/mol. The van der Waals surface area contributed by atoms with Gasteiger partial charge in [0.1, 0.15) is 0 Å². The lowest BCUT2D eigenvalue weighted by Crippen LogP contribution is -2.27. The van der Waals surface area contributed by atoms with Gasteiger partial charge < -0.3 is 5.32 Å². The van der Waals surface area contributed by atoms with E-state index in [1.54, 1.807) is 49.6 Å². The molecule has 1 amide bonds. The van der Waals surface area contributed by atoms with Crippen LogP contribution in [0.4, 0.5) is 18.9 Å². The zero-order valence-electron chi connectivity index (χ0n) is 17.9. The van der Waals surface area contributed by atoms with Crippen molar-refractivity contribution < 1.29 is 18.0 Å². The van der Waals surface area contributed by atoms with E-state index in [2.05, 4.69) is 15.3 Å². The van der Waals surface area contributed by atoms with E-state index in [0.717, 1.165) is 29.5 Å². The van der Waals surface area contributed by atoms with Gasteiger partial charge in [0.15, 0.2) is 5.16 Å². The summed E-state index contributed by atoms with van der Waals surface area (Å²) in [5, 5.41) is 2.52. The van der Waals surface area contributed by atoms with Crippen molar-refractivity contribution in [1.82, 2.24) is 14.5 Å². The standard InChI is InChI=1S/C24H19F3N4O2S/c1-15(21(32)29-18-8-4-7-17(12-18)24(25,26)27)34-23-30-20-10-3-2-9-19(20)22(33)31(23)14-16-6-5-11-28-13-16/h2-13,15H,14H2,1H3,(H,29,32). The van der Waals surface area contributed by atoms with Crippen LogP contribution in [0.5, 0.6) is 0 Å². The molecule has 4 aromatic rings. The maximum atomic E-state index is 13.2. The summed E-state index contributed by atoms with van der Waals surface area (Å²) in [5.41, 5.74) is 0.188. The van der Waals surface area contributed by atoms with E-state index in [1.807, 2.05) is 6.07 Å². The number of amides is 1. The Bertz CT molecular complexity index is 1390. The summed E-state index contributed by atoms with van der Waals surface area (Å²) in [6.07, 6.45) is -1.25. The van der Waals surface area contributed by atoms with Crippen LogP contribution in [0.2, 0.25) is 0 Å². The number of para-hydroxylation sites is 1. The zero-order chi connectivity index (χ0) is 24.3. The molecule has 0 aliphatic carbocycles. The lowest BCUT2D eigenvalue weighted by Gasteiger charge is -2.17. The van der Waals surface area contributed by atoms with Crippen molar-refractivity contribution in [2.75, 3.05) is 5.32 Å². The van der Waals surface area contributed by atoms with Crippen LogP contribution in [0.25, 0.3) is 10.9 Å². The zero-order valence-corrected chi connectivity index (χ0v) is 18.7. The highest BCUT2D eigenvalue weighted by Crippen LogP contribution is 2.31. The van der Waals surface area contributed by atoms with E-state index >= 15 is 0 Å². The number of fused-ring (bicyclic) bond motifs is 1. The molecule has 0 saturated heterocycles. The summed E-state index contributed by atoms with van der Waals surface area (Å²) in [5.74, 6) is -0.514. The molecule has 0 radical (unpaired) electrons. The van der Waals surface area contributed by atoms with Crippen LogP contribution in [-0.2, 0) is 17.5 Å². The molecule has 2 aromatic heterocycles. The molecule has 174 valence electrons. The SMILES string of the molecule is CC(Sc1nc2ccccc2c(=O)n1Cc1cccnc1)C(=O)Nc1cccc(C(F)(F)F)c1. The van der Waals surface area contributed by atoms with Crippen molar-refractivity contribution >= 4 is 34.3 Å². The van der Waals surface area contributed by atoms with Gasteiger partial charge in [0.25, 0.3) is 5.56 Å². The first-order valence-electron chi connectivity index (χ1n) is 10.3. The first-order valence-corrected chi connectivity index (χ1v) is 11.1. The van der Waals surface area contributed by atoms with Gasteiger partial charge in [-0.1, -0.05) is 36.0 Å². The first kappa shape index (κ1) is 23.5. The summed E-state index contributed by atoms with van der Waals surface area (Å²) in [6, 6.07) is 14.9. The van der Waals surface area contributed by atoms with Gasteiger partial charge in [0.2, 0.25) is 5.91 Å². The lowest BCUT2D eigenvalue weighted by molar-refractivity contribution is -0.137. The Morgan fingerprint density at radius 2 is 1.91 bits per heavy atom. The number of rotatable bonds is 6. The average molecular weight is 485 g/mol. The van der Waals surface area contributed by atoms with Crippen LogP contribution < -0.4 is 10.9 Å². The van der Waals surface area contributed by atoms with Crippen LogP contribution >= 0.6 is 11.8 Å². The molecule has 0 bridgehead atoms. The molecule has 34 heavy (non-hydrogen) atoms. The molecule has 2 aromatic carbocycles. The Morgan fingerprint density at radius 3 is 2.65 bits per heavy atom. The molecule has 2 heterocycles. The summed E-state index contributed by atoms with van der Waals surface area (Å²) in [4.78, 5) is 34.6. The molecule has 0 spiro atoms. The van der Waals surface area contributed by atoms with E-state index in [4.69, 9.17) is 0 Å². The Morgan fingerprint density at radius 1 is 1.12 bits per heavy atom. The van der Waals surface area contributed by atoms with Crippen molar-refractivity contribution in [1.29, 1.82) is 0 Å². The minimum atomic E-state index is -4.52. The van der Waals surface area contributed by atoms with Gasteiger partial charge >= 0.3 is 6.18 Å². The van der Waals surface area contributed by atoms with E-state index in [1.165, 1.54) is 16.7 Å². The maximum absolute atomic E-state index is 13.2. The Balaban J connectivity index is 1.62. The molecule has 0 aliphatic rings. The monoisotopic (exact) mass is 484 g/mol. The van der Waals surface area contributed by atoms with Crippen LogP contribution in [0.1, 0.15) is 18.1 Å². The second kappa shape index (κ2) is 9.68. The van der Waals surface area contributed by atoms with Gasteiger partial charge in [-0.2, -0.15) is 13.2 Å². The molecule has 0 saturated carbocycles. The number of benzene rings is 2. The number of nitrogens with zero attached hydrogens (tertiary/aromatic N) is 3. The van der Waals surface area contributed by atoms with Crippen molar-refractivity contribution in [3.05, 3.63) is 94.5 Å². The van der Waals surface area contributed by atoms with Crippen LogP contribution in [0.15, 0.2) is 83.0 Å². The Hall–Kier alpha value is -3.66. The number of carbonyl (C=O) groups excluding carboxylic acids is 1. The lowest BCUT2D eigenvalue weighted by atomic mass is 10.2. The van der Waals surface area contributed by atoms with Gasteiger partial charge in [-0.25, -0.2) is 4.98 Å². The van der Waals surface area contributed by atoms with Crippen molar-refractivity contribution in [2.45, 2.75) is 30.1 Å². The predicted molar refractivity (Wildman–Crippen MR) is 125 cm³/mol. The molecule has 4 rings (SSSR count). The fourth-order valence-corrected chi connectivity index (χ4v) is 4.19. The highest BCUT2D eigenvalue weighted by molar-refractivity contribution is 8.00. The minimum Gasteiger partial charge on any atom is -0.325 e. The molecule has 6 nitrogen and oxygen atoms in total. The van der Waals surface area contributed by atoms with E-state index in [-0.39, 0.29) is 17.8 Å². The van der Waals surface area contributed by atoms with Crippen LogP contribution in [-0.4, -0.2) is 25.7 Å². The summed E-state index contributed by atoms with van der Waals surface area (Å²) < 4.78 is 40.4. The third-order valence-corrected chi connectivity index (χ3v) is 6.09. The Kier molecular flexibility index (Phi) is 6.69. The van der Waals surface area contributed by atoms with E-state index in [0.29, 0.717) is 16.1 Å². The van der Waals surface area contributed by atoms with Gasteiger partial charge in [-0.15, -0.1) is 0 Å². The largest absolute Gasteiger partial charge is 0.416 e. The second-order valence-corrected chi connectivity index (χ2v) is 8.80. The predicted octanol–water partition coefficient (Wildman–Crippen LogP) is 4.98. The van der Waals surface area contributed by atoms with Gasteiger partial charge in [0.05, 0.1) is 28.3 Å². The number of thioether (sulfide) groups is 1. The normalized spacial score (nSPS) is 12.5. The fraction of sp³-hybridized carbons (Fsp3) is 0.167. The molecular formula is C24H19F3N4O2S. The maximum Gasteiger partial charge on any atom is 0.416 e. The second-order valence-electron chi connectivity index (χ2n) is 7.49. The smallest absolute Gasteiger partial charge is 0.325 e. The molecule has 1 atom stereocenters. The number of nitrogens with one attached hydrogen (secondary N) is 1. The molecule has 0 fully saturated rings. The van der Waals surface area contributed by atoms with Gasteiger partial charge in [-0.3, -0.25) is 19.1 Å². The first-order chi connectivity index (χ1) is 16.2. The summed E-state index contributed by atoms with van der Waals surface area (Å²) in [6.45, 7) is 1.80. The average Bonchev–Trinajstić information content (AvgIpc) is 2.82. The topological polar surface area (TPSA) is 76.9 Å². The quantitative estimate of drug-likeness (QED) is 0.309. The summed E-state index contributed by atoms with van der Waals surface area (Å²) in [7, 11) is 0. The highest BCUT2D eigenvalue weighted by atomic mass is 32.2. The number of carbonyl (C=O) groups is 1. The number of hydrogen-bond donors (Lipinski definition) is 1. The minimum absolute atomic E-state index is 0.0338. The third-order valence-electron chi connectivity index (χ3n) is 5.00. The van der Waals surface area contributed by atoms with E-state index < -0.39 is 22.9 Å². The van der Waals surface area contributed by atoms with Crippen LogP contribution in [0.3, 0.4) is 0 Å². The van der Waals surface area contributed by atoms with Gasteiger partial charge in [0, 0.05) is 18.1 Å². The number of halogens is 3. The number of anilines is 1. The number of aromatic nitrogens is 3. The van der Waals surface area contributed by atoms with Gasteiger partial charge in [-0.05, 0) is 48.9 Å². The number of alkyl halides is 3. The third kappa shape index (κ3) is 5.28. The van der Waals surface area contributed by atoms with Crippen molar-refractivity contribution in [3.63, 3.8) is 0 Å². The van der Waals surface area contributed by atoms with Crippen LogP contribution in [0, 0.1) is 0 Å². The number of pyridine rings is 1. The number of hydrogen-bond acceptors (Lipinski definition) is 5. The van der Waals surface area contributed by atoms with Crippen molar-refractivity contribution in [3.8, 4) is 0 Å². The molecule has 1 N–H and O–H groups in total. The van der Waals surface area contributed by atoms with Crippen molar-refractivity contribution in [2.24, 2.45) is 0 Å². The molecule has 0 aliphatic heterocycles. The fourth-order valence-electron chi connectivity index (χ4n) is 3.28. The molecule has 10 heteroatoms. The highest BCUT2D eigenvalue weighted by Gasteiger charge is 2.30.